The molecule has 1 aromatic carbocycles. The summed E-state index contributed by atoms with van der Waals surface area (Å²) < 4.78 is 23.8. The summed E-state index contributed by atoms with van der Waals surface area (Å²) in [6.45, 7) is 1.21. The Morgan fingerprint density at radius 1 is 1.50 bits per heavy atom. The zero-order valence-electron chi connectivity index (χ0n) is 8.74. The minimum atomic E-state index is -0.425. The van der Waals surface area contributed by atoms with Crippen LogP contribution in [0.25, 0.3) is 0 Å². The number of nitrogens with one attached hydrogen (secondary N) is 1. The summed E-state index contributed by atoms with van der Waals surface area (Å²) in [5, 5.41) is 10.6. The van der Waals surface area contributed by atoms with Crippen LogP contribution in [0, 0.1) is 11.0 Å². The second-order valence-corrected chi connectivity index (χ2v) is 3.70. The van der Waals surface area contributed by atoms with Crippen molar-refractivity contribution < 1.29 is 13.9 Å². The van der Waals surface area contributed by atoms with Gasteiger partial charge in [0.2, 0.25) is 0 Å². The Bertz CT molecular complexity index is 353. The van der Waals surface area contributed by atoms with Gasteiger partial charge in [-0.1, -0.05) is 0 Å². The Morgan fingerprint density at radius 3 is 3.06 bits per heavy atom. The number of halogens is 1. The molecule has 0 radical (unpaired) electrons. The SMILES string of the molecule is [O-]Nc1ccc(F)cc1OC1CCCOC1. The van der Waals surface area contributed by atoms with Crippen molar-refractivity contribution in [3.63, 3.8) is 0 Å². The predicted octanol–water partition coefficient (Wildman–Crippen LogP) is 2.29. The molecule has 16 heavy (non-hydrogen) atoms. The Hall–Kier alpha value is -1.33. The number of hydrogen-bond acceptors (Lipinski definition) is 4. The summed E-state index contributed by atoms with van der Waals surface area (Å²) in [7, 11) is 0. The molecule has 1 unspecified atom stereocenters. The van der Waals surface area contributed by atoms with Gasteiger partial charge < -0.3 is 20.2 Å². The van der Waals surface area contributed by atoms with Crippen LogP contribution in [0.1, 0.15) is 12.8 Å². The Balaban J connectivity index is 2.09. The summed E-state index contributed by atoms with van der Waals surface area (Å²) in [5.41, 5.74) is 1.97. The fraction of sp³-hybridized carbons (Fsp3) is 0.455. The van der Waals surface area contributed by atoms with E-state index in [0.29, 0.717) is 6.61 Å². The van der Waals surface area contributed by atoms with Gasteiger partial charge in [0.05, 0.1) is 12.3 Å². The van der Waals surface area contributed by atoms with E-state index in [1.54, 1.807) is 5.48 Å². The van der Waals surface area contributed by atoms with Gasteiger partial charge in [-0.3, -0.25) is 0 Å². The van der Waals surface area contributed by atoms with Gasteiger partial charge >= 0.3 is 0 Å². The van der Waals surface area contributed by atoms with E-state index < -0.39 is 5.82 Å². The lowest BCUT2D eigenvalue weighted by molar-refractivity contribution is 0.00763. The maximum absolute atomic E-state index is 13.0. The summed E-state index contributed by atoms with van der Waals surface area (Å²) in [5.74, 6) is -0.184. The minimum Gasteiger partial charge on any atom is -0.761 e. The molecule has 0 aromatic heterocycles. The van der Waals surface area contributed by atoms with Gasteiger partial charge in [-0.25, -0.2) is 4.39 Å². The monoisotopic (exact) mass is 226 g/mol. The van der Waals surface area contributed by atoms with E-state index in [1.807, 2.05) is 0 Å². The molecule has 2 rings (SSSR count). The quantitative estimate of drug-likeness (QED) is 0.803. The Kier molecular flexibility index (Phi) is 3.58. The fourth-order valence-electron chi connectivity index (χ4n) is 1.66. The third kappa shape index (κ3) is 2.62. The van der Waals surface area contributed by atoms with Crippen LogP contribution in [0.2, 0.25) is 0 Å². The Labute approximate surface area is 92.9 Å². The zero-order chi connectivity index (χ0) is 11.4. The molecule has 1 saturated heterocycles. The number of anilines is 1. The highest BCUT2D eigenvalue weighted by Crippen LogP contribution is 2.27. The smallest absolute Gasteiger partial charge is 0.145 e. The van der Waals surface area contributed by atoms with Crippen LogP contribution in [0.5, 0.6) is 5.75 Å². The van der Waals surface area contributed by atoms with Crippen molar-refractivity contribution in [2.75, 3.05) is 18.7 Å². The lowest BCUT2D eigenvalue weighted by Crippen LogP contribution is -2.28. The molecule has 4 nitrogen and oxygen atoms in total. The number of rotatable bonds is 3. The van der Waals surface area contributed by atoms with Crippen molar-refractivity contribution in [3.8, 4) is 5.75 Å². The average Bonchev–Trinajstić information content (AvgIpc) is 2.31. The van der Waals surface area contributed by atoms with Gasteiger partial charge in [-0.2, -0.15) is 0 Å². The molecule has 1 aliphatic heterocycles. The number of ether oxygens (including phenoxy) is 2. The highest BCUT2D eigenvalue weighted by Gasteiger charge is 2.16. The van der Waals surface area contributed by atoms with Crippen molar-refractivity contribution >= 4 is 5.69 Å². The van der Waals surface area contributed by atoms with Crippen molar-refractivity contribution in [2.24, 2.45) is 0 Å². The van der Waals surface area contributed by atoms with Gasteiger partial charge in [0, 0.05) is 12.7 Å². The lowest BCUT2D eigenvalue weighted by atomic mass is 10.2. The molecule has 0 bridgehead atoms. The van der Waals surface area contributed by atoms with Gasteiger partial charge in [0.25, 0.3) is 0 Å². The second kappa shape index (κ2) is 5.14. The maximum atomic E-state index is 13.0. The molecule has 1 heterocycles. The van der Waals surface area contributed by atoms with Crippen LogP contribution >= 0.6 is 0 Å². The number of benzene rings is 1. The van der Waals surface area contributed by atoms with Gasteiger partial charge in [0.15, 0.2) is 0 Å². The molecular weight excluding hydrogens is 213 g/mol. The molecule has 5 heteroatoms. The molecule has 1 atom stereocenters. The second-order valence-electron chi connectivity index (χ2n) is 3.70. The van der Waals surface area contributed by atoms with Crippen molar-refractivity contribution in [1.29, 1.82) is 0 Å². The standard InChI is InChI=1S/C11H13FNO3/c12-8-3-4-10(13-14)11(6-8)16-9-2-1-5-15-7-9/h3-4,6,9,13H,1-2,5,7H2/q-1. The third-order valence-corrected chi connectivity index (χ3v) is 2.47. The fourth-order valence-corrected chi connectivity index (χ4v) is 1.66. The third-order valence-electron chi connectivity index (χ3n) is 2.47. The first-order chi connectivity index (χ1) is 7.79. The van der Waals surface area contributed by atoms with Gasteiger partial charge in [0.1, 0.15) is 17.7 Å². The van der Waals surface area contributed by atoms with Crippen molar-refractivity contribution in [3.05, 3.63) is 29.2 Å². The molecule has 0 spiro atoms. The van der Waals surface area contributed by atoms with E-state index in [-0.39, 0.29) is 17.5 Å². The average molecular weight is 226 g/mol. The minimum absolute atomic E-state index is 0.109. The highest BCUT2D eigenvalue weighted by molar-refractivity contribution is 5.56. The Morgan fingerprint density at radius 2 is 2.38 bits per heavy atom. The first-order valence-corrected chi connectivity index (χ1v) is 5.21. The molecule has 1 aromatic rings. The van der Waals surface area contributed by atoms with Crippen LogP contribution in [0.3, 0.4) is 0 Å². The van der Waals surface area contributed by atoms with Crippen LogP contribution < -0.4 is 10.2 Å². The highest BCUT2D eigenvalue weighted by atomic mass is 19.1. The van der Waals surface area contributed by atoms with E-state index in [9.17, 15) is 9.60 Å². The van der Waals surface area contributed by atoms with E-state index in [0.717, 1.165) is 19.4 Å². The predicted molar refractivity (Wildman–Crippen MR) is 57.9 cm³/mol. The van der Waals surface area contributed by atoms with E-state index in [1.165, 1.54) is 18.2 Å². The van der Waals surface area contributed by atoms with Crippen LogP contribution in [0.4, 0.5) is 10.1 Å². The van der Waals surface area contributed by atoms with Crippen molar-refractivity contribution in [2.45, 2.75) is 18.9 Å². The zero-order valence-corrected chi connectivity index (χ0v) is 8.74. The van der Waals surface area contributed by atoms with Crippen LogP contribution in [-0.2, 0) is 4.74 Å². The molecule has 0 amide bonds. The summed E-state index contributed by atoms with van der Waals surface area (Å²) in [6, 6.07) is 3.78. The first-order valence-electron chi connectivity index (χ1n) is 5.21. The lowest BCUT2D eigenvalue weighted by Gasteiger charge is -2.25. The molecule has 0 aliphatic carbocycles. The molecular formula is C11H13FNO3-. The first kappa shape index (κ1) is 11.2. The van der Waals surface area contributed by atoms with Crippen molar-refractivity contribution in [1.82, 2.24) is 0 Å². The van der Waals surface area contributed by atoms with E-state index in [4.69, 9.17) is 9.47 Å². The molecule has 1 N–H and O–H groups in total. The summed E-state index contributed by atoms with van der Waals surface area (Å²) >= 11 is 0. The largest absolute Gasteiger partial charge is 0.761 e. The van der Waals surface area contributed by atoms with E-state index in [2.05, 4.69) is 0 Å². The molecule has 1 aliphatic rings. The molecule has 88 valence electrons. The normalized spacial score (nSPS) is 20.5. The topological polar surface area (TPSA) is 53.5 Å². The van der Waals surface area contributed by atoms with Gasteiger partial charge in [-0.05, 0) is 25.0 Å². The number of hydrogen-bond donors (Lipinski definition) is 1. The molecule has 0 saturated carbocycles. The van der Waals surface area contributed by atoms with Gasteiger partial charge in [-0.15, -0.1) is 0 Å². The molecule has 1 fully saturated rings. The van der Waals surface area contributed by atoms with Crippen LogP contribution in [0.15, 0.2) is 18.2 Å². The maximum Gasteiger partial charge on any atom is 0.145 e. The van der Waals surface area contributed by atoms with Crippen LogP contribution in [-0.4, -0.2) is 19.3 Å². The summed E-state index contributed by atoms with van der Waals surface area (Å²) in [6.07, 6.45) is 1.66. The summed E-state index contributed by atoms with van der Waals surface area (Å²) in [4.78, 5) is 0. The van der Waals surface area contributed by atoms with E-state index >= 15 is 0 Å².